The molecule has 1 aliphatic rings. The molecule has 0 saturated carbocycles. The summed E-state index contributed by atoms with van der Waals surface area (Å²) in [7, 11) is 0. The molecule has 27 heavy (non-hydrogen) atoms. The van der Waals surface area contributed by atoms with Gasteiger partial charge in [0, 0.05) is 35.7 Å². The van der Waals surface area contributed by atoms with E-state index >= 15 is 0 Å². The van der Waals surface area contributed by atoms with Gasteiger partial charge >= 0.3 is 0 Å². The summed E-state index contributed by atoms with van der Waals surface area (Å²) in [5.74, 6) is -0.378. The molecule has 0 spiro atoms. The van der Waals surface area contributed by atoms with Gasteiger partial charge in [0.2, 0.25) is 11.8 Å². The predicted molar refractivity (Wildman–Crippen MR) is 109 cm³/mol. The molecule has 0 atom stereocenters. The number of amides is 2. The van der Waals surface area contributed by atoms with Crippen molar-refractivity contribution in [2.24, 2.45) is 5.10 Å². The summed E-state index contributed by atoms with van der Waals surface area (Å²) in [5.41, 5.74) is 5.18. The standard InChI is InChI=1S/C20H19Cl2N3O2/c21-16-8-7-15(17(22)12-16)13-23-24-19(26)9-10-20(27)25-11-3-5-14-4-1-2-6-18(14)25/h1-2,4,6-8,12-13H,3,5,9-11H2,(H,24,26)/b23-13+. The minimum atomic E-state index is -0.324. The zero-order valence-corrected chi connectivity index (χ0v) is 16.1. The number of rotatable bonds is 5. The molecule has 2 aromatic rings. The fourth-order valence-electron chi connectivity index (χ4n) is 2.98. The van der Waals surface area contributed by atoms with Crippen molar-refractivity contribution in [1.82, 2.24) is 5.43 Å². The second kappa shape index (κ2) is 9.02. The van der Waals surface area contributed by atoms with Crippen LogP contribution in [0.15, 0.2) is 47.6 Å². The highest BCUT2D eigenvalue weighted by atomic mass is 35.5. The number of fused-ring (bicyclic) bond motifs is 1. The molecule has 0 aromatic heterocycles. The fraction of sp³-hybridized carbons (Fsp3) is 0.250. The molecule has 0 radical (unpaired) electrons. The quantitative estimate of drug-likeness (QED) is 0.600. The van der Waals surface area contributed by atoms with Crippen LogP contribution in [0.25, 0.3) is 0 Å². The predicted octanol–water partition coefficient (Wildman–Crippen LogP) is 4.20. The van der Waals surface area contributed by atoms with E-state index in [9.17, 15) is 9.59 Å². The van der Waals surface area contributed by atoms with Gasteiger partial charge in [-0.25, -0.2) is 5.43 Å². The first-order chi connectivity index (χ1) is 13.0. The Morgan fingerprint density at radius 2 is 1.96 bits per heavy atom. The summed E-state index contributed by atoms with van der Waals surface area (Å²) in [4.78, 5) is 26.2. The molecule has 0 fully saturated rings. The van der Waals surface area contributed by atoms with Gasteiger partial charge in [0.15, 0.2) is 0 Å². The monoisotopic (exact) mass is 403 g/mol. The van der Waals surface area contributed by atoms with Gasteiger partial charge in [0.05, 0.1) is 11.2 Å². The third-order valence-corrected chi connectivity index (χ3v) is 4.90. The molecule has 0 aliphatic carbocycles. The summed E-state index contributed by atoms with van der Waals surface area (Å²) in [6, 6.07) is 12.9. The molecule has 0 saturated heterocycles. The highest BCUT2D eigenvalue weighted by Crippen LogP contribution is 2.27. The van der Waals surface area contributed by atoms with Crippen molar-refractivity contribution >= 4 is 46.9 Å². The minimum Gasteiger partial charge on any atom is -0.312 e. The number of halogens is 2. The minimum absolute atomic E-state index is 0.0537. The van der Waals surface area contributed by atoms with E-state index in [4.69, 9.17) is 23.2 Å². The van der Waals surface area contributed by atoms with Crippen LogP contribution in [-0.2, 0) is 16.0 Å². The van der Waals surface area contributed by atoms with Crippen molar-refractivity contribution < 1.29 is 9.59 Å². The van der Waals surface area contributed by atoms with Crippen LogP contribution in [0.2, 0.25) is 10.0 Å². The van der Waals surface area contributed by atoms with Gasteiger partial charge in [0.1, 0.15) is 0 Å². The van der Waals surface area contributed by atoms with E-state index in [1.807, 2.05) is 24.3 Å². The van der Waals surface area contributed by atoms with Crippen molar-refractivity contribution in [3.8, 4) is 0 Å². The lowest BCUT2D eigenvalue weighted by Crippen LogP contribution is -2.36. The molecule has 2 aromatic carbocycles. The fourth-order valence-corrected chi connectivity index (χ4v) is 3.44. The average Bonchev–Trinajstić information content (AvgIpc) is 2.67. The van der Waals surface area contributed by atoms with Crippen LogP contribution < -0.4 is 10.3 Å². The molecule has 3 rings (SSSR count). The first-order valence-corrected chi connectivity index (χ1v) is 9.45. The normalized spacial score (nSPS) is 13.5. The maximum atomic E-state index is 12.5. The highest BCUT2D eigenvalue weighted by Gasteiger charge is 2.22. The van der Waals surface area contributed by atoms with E-state index in [-0.39, 0.29) is 24.7 Å². The Kier molecular flexibility index (Phi) is 6.48. The van der Waals surface area contributed by atoms with Crippen LogP contribution in [0, 0.1) is 0 Å². The molecule has 2 amide bonds. The van der Waals surface area contributed by atoms with Gasteiger partial charge in [-0.2, -0.15) is 5.10 Å². The summed E-state index contributed by atoms with van der Waals surface area (Å²) >= 11 is 11.9. The zero-order valence-electron chi connectivity index (χ0n) is 14.6. The molecule has 140 valence electrons. The van der Waals surface area contributed by atoms with Gasteiger partial charge in [-0.15, -0.1) is 0 Å². The van der Waals surface area contributed by atoms with Crippen molar-refractivity contribution in [3.05, 3.63) is 63.6 Å². The van der Waals surface area contributed by atoms with Crippen LogP contribution in [0.5, 0.6) is 0 Å². The SMILES string of the molecule is O=C(CCC(=O)N1CCCc2ccccc21)N/N=C/c1ccc(Cl)cc1Cl. The number of aryl methyl sites for hydroxylation is 1. The molecule has 1 heterocycles. The smallest absolute Gasteiger partial charge is 0.240 e. The molecular formula is C20H19Cl2N3O2. The number of carbonyl (C=O) groups excluding carboxylic acids is 2. The molecule has 0 bridgehead atoms. The summed E-state index contributed by atoms with van der Waals surface area (Å²) in [5, 5.41) is 4.85. The second-order valence-electron chi connectivity index (χ2n) is 6.24. The lowest BCUT2D eigenvalue weighted by atomic mass is 10.0. The average molecular weight is 404 g/mol. The van der Waals surface area contributed by atoms with Gasteiger partial charge < -0.3 is 4.90 Å². The van der Waals surface area contributed by atoms with Crippen molar-refractivity contribution in [2.45, 2.75) is 25.7 Å². The van der Waals surface area contributed by atoms with E-state index in [0.717, 1.165) is 18.5 Å². The van der Waals surface area contributed by atoms with Crippen LogP contribution in [-0.4, -0.2) is 24.6 Å². The first kappa shape index (κ1) is 19.4. The maximum Gasteiger partial charge on any atom is 0.240 e. The van der Waals surface area contributed by atoms with Gasteiger partial charge in [-0.1, -0.05) is 47.5 Å². The number of para-hydroxylation sites is 1. The topological polar surface area (TPSA) is 61.8 Å². The first-order valence-electron chi connectivity index (χ1n) is 8.70. The Balaban J connectivity index is 1.51. The van der Waals surface area contributed by atoms with E-state index in [1.165, 1.54) is 11.8 Å². The largest absolute Gasteiger partial charge is 0.312 e. The van der Waals surface area contributed by atoms with Gasteiger partial charge in [-0.05, 0) is 36.6 Å². The number of hydrazone groups is 1. The van der Waals surface area contributed by atoms with E-state index in [0.29, 0.717) is 22.2 Å². The van der Waals surface area contributed by atoms with E-state index in [2.05, 4.69) is 10.5 Å². The van der Waals surface area contributed by atoms with Crippen molar-refractivity contribution in [1.29, 1.82) is 0 Å². The number of nitrogens with one attached hydrogen (secondary N) is 1. The maximum absolute atomic E-state index is 12.5. The summed E-state index contributed by atoms with van der Waals surface area (Å²) in [6.45, 7) is 0.685. The second-order valence-corrected chi connectivity index (χ2v) is 7.08. The third kappa shape index (κ3) is 5.08. The van der Waals surface area contributed by atoms with Crippen LogP contribution in [0.4, 0.5) is 5.69 Å². The summed E-state index contributed by atoms with van der Waals surface area (Å²) in [6.07, 6.45) is 3.56. The molecule has 7 heteroatoms. The number of hydrogen-bond acceptors (Lipinski definition) is 3. The Morgan fingerprint density at radius 3 is 2.78 bits per heavy atom. The Labute approximate surface area is 168 Å². The number of benzene rings is 2. The van der Waals surface area contributed by atoms with E-state index in [1.54, 1.807) is 23.1 Å². The van der Waals surface area contributed by atoms with Crippen molar-refractivity contribution in [2.75, 3.05) is 11.4 Å². The molecule has 5 nitrogen and oxygen atoms in total. The Hall–Kier alpha value is -2.37. The van der Waals surface area contributed by atoms with Gasteiger partial charge in [0.25, 0.3) is 0 Å². The lowest BCUT2D eigenvalue weighted by Gasteiger charge is -2.29. The Bertz CT molecular complexity index is 883. The molecule has 1 N–H and O–H groups in total. The van der Waals surface area contributed by atoms with Crippen LogP contribution in [0.3, 0.4) is 0 Å². The van der Waals surface area contributed by atoms with Crippen LogP contribution in [0.1, 0.15) is 30.4 Å². The number of hydrogen-bond donors (Lipinski definition) is 1. The lowest BCUT2D eigenvalue weighted by molar-refractivity contribution is -0.125. The van der Waals surface area contributed by atoms with E-state index < -0.39 is 0 Å². The Morgan fingerprint density at radius 1 is 1.15 bits per heavy atom. The van der Waals surface area contributed by atoms with Gasteiger partial charge in [-0.3, -0.25) is 9.59 Å². The molecular weight excluding hydrogens is 385 g/mol. The zero-order chi connectivity index (χ0) is 19.2. The highest BCUT2D eigenvalue weighted by molar-refractivity contribution is 6.36. The number of carbonyl (C=O) groups is 2. The molecule has 1 aliphatic heterocycles. The third-order valence-electron chi connectivity index (χ3n) is 4.33. The van der Waals surface area contributed by atoms with Crippen molar-refractivity contribution in [3.63, 3.8) is 0 Å². The number of anilines is 1. The summed E-state index contributed by atoms with van der Waals surface area (Å²) < 4.78 is 0. The number of nitrogens with zero attached hydrogens (tertiary/aromatic N) is 2. The van der Waals surface area contributed by atoms with Crippen LogP contribution >= 0.6 is 23.2 Å². The molecule has 0 unspecified atom stereocenters.